The average molecular weight is 463 g/mol. The fourth-order valence-electron chi connectivity index (χ4n) is 4.65. The van der Waals surface area contributed by atoms with Crippen molar-refractivity contribution in [1.82, 2.24) is 9.97 Å². The van der Waals surface area contributed by atoms with Crippen molar-refractivity contribution < 1.29 is 34.3 Å². The van der Waals surface area contributed by atoms with Crippen LogP contribution < -0.4 is 21.1 Å². The van der Waals surface area contributed by atoms with Gasteiger partial charge in [0.05, 0.1) is 30.9 Å². The van der Waals surface area contributed by atoms with E-state index >= 15 is 0 Å². The highest BCUT2D eigenvalue weighted by Gasteiger charge is 2.52. The van der Waals surface area contributed by atoms with Crippen molar-refractivity contribution in [2.75, 3.05) is 23.8 Å². The van der Waals surface area contributed by atoms with Crippen molar-refractivity contribution in [3.63, 3.8) is 0 Å². The Kier molecular flexibility index (Phi) is 6.61. The summed E-state index contributed by atoms with van der Waals surface area (Å²) in [5, 5.41) is 47.1. The number of fused-ring (bicyclic) bond motifs is 5. The van der Waals surface area contributed by atoms with Gasteiger partial charge in [0, 0.05) is 29.6 Å². The molecule has 8 N–H and O–H groups in total. The highest BCUT2D eigenvalue weighted by Crippen LogP contribution is 2.43. The summed E-state index contributed by atoms with van der Waals surface area (Å²) in [7, 11) is 0. The van der Waals surface area contributed by atoms with Gasteiger partial charge in [0.25, 0.3) is 0 Å². The lowest BCUT2D eigenvalue weighted by Crippen LogP contribution is -2.47. The molecule has 1 fully saturated rings. The first-order chi connectivity index (χ1) is 15.8. The van der Waals surface area contributed by atoms with Gasteiger partial charge in [-0.15, -0.1) is 0 Å². The fraction of sp³-hybridized carbons (Fsp3) is 0.476. The van der Waals surface area contributed by atoms with E-state index in [0.29, 0.717) is 11.4 Å². The van der Waals surface area contributed by atoms with E-state index in [-0.39, 0.29) is 24.8 Å². The van der Waals surface area contributed by atoms with Gasteiger partial charge < -0.3 is 41.5 Å². The molecule has 33 heavy (non-hydrogen) atoms. The minimum absolute atomic E-state index is 0.0263. The van der Waals surface area contributed by atoms with Crippen LogP contribution in [0.2, 0.25) is 0 Å². The Labute approximate surface area is 188 Å². The normalized spacial score (nSPS) is 30.1. The maximum absolute atomic E-state index is 14.6. The second-order valence-corrected chi connectivity index (χ2v) is 8.32. The number of ether oxygens (including phenoxy) is 1. The molecule has 1 aliphatic heterocycles. The highest BCUT2D eigenvalue weighted by molar-refractivity contribution is 5.79. The first kappa shape index (κ1) is 23.1. The number of anilines is 3. The molecule has 2 aliphatic rings. The third-order valence-corrected chi connectivity index (χ3v) is 6.25. The van der Waals surface area contributed by atoms with Crippen LogP contribution in [0, 0.1) is 23.6 Å². The van der Waals surface area contributed by atoms with Crippen molar-refractivity contribution in [2.24, 2.45) is 23.5 Å². The van der Waals surface area contributed by atoms with Gasteiger partial charge in [-0.1, -0.05) is 6.07 Å². The molecular weight excluding hydrogens is 437 g/mol. The highest BCUT2D eigenvalue weighted by atomic mass is 19.1. The topological polar surface area (TPSA) is 183 Å². The first-order valence-corrected chi connectivity index (χ1v) is 10.5. The Morgan fingerprint density at radius 3 is 2.88 bits per heavy atom. The minimum atomic E-state index is -1.42. The molecule has 0 spiro atoms. The SMILES string of the molecule is NC(=O)[C@H]1C([C@@H](O)CO)CC2[C@H]1Nc1nc(ncc1F)Nc1cccc(c1)OC[C@H](O)[C@H]2O. The Bertz CT molecular complexity index is 1010. The zero-order valence-electron chi connectivity index (χ0n) is 17.5. The Morgan fingerprint density at radius 2 is 2.15 bits per heavy atom. The molecule has 2 heterocycles. The Morgan fingerprint density at radius 1 is 1.36 bits per heavy atom. The van der Waals surface area contributed by atoms with Gasteiger partial charge in [0.15, 0.2) is 11.6 Å². The number of amides is 1. The van der Waals surface area contributed by atoms with Crippen molar-refractivity contribution >= 4 is 23.4 Å². The third kappa shape index (κ3) is 4.69. The Balaban J connectivity index is 1.78. The number of rotatable bonds is 3. The monoisotopic (exact) mass is 463 g/mol. The van der Waals surface area contributed by atoms with Gasteiger partial charge in [-0.2, -0.15) is 4.98 Å². The Hall–Kier alpha value is -3.06. The van der Waals surface area contributed by atoms with Gasteiger partial charge >= 0.3 is 0 Å². The van der Waals surface area contributed by atoms with Gasteiger partial charge in [0.2, 0.25) is 11.9 Å². The molecule has 0 saturated heterocycles. The summed E-state index contributed by atoms with van der Waals surface area (Å²) in [5.74, 6) is -4.20. The summed E-state index contributed by atoms with van der Waals surface area (Å²) in [6.07, 6.45) is -3.14. The number of aliphatic hydroxyl groups is 4. The van der Waals surface area contributed by atoms with Crippen LogP contribution in [-0.2, 0) is 4.79 Å². The maximum atomic E-state index is 14.6. The van der Waals surface area contributed by atoms with E-state index < -0.39 is 60.4 Å². The molecule has 4 rings (SSSR count). The van der Waals surface area contributed by atoms with Gasteiger partial charge in [-0.25, -0.2) is 9.37 Å². The summed E-state index contributed by atoms with van der Waals surface area (Å²) in [6, 6.07) is 5.68. The predicted octanol–water partition coefficient (Wildman–Crippen LogP) is -0.655. The summed E-state index contributed by atoms with van der Waals surface area (Å²) in [4.78, 5) is 20.4. The van der Waals surface area contributed by atoms with Crippen LogP contribution in [0.3, 0.4) is 0 Å². The number of benzene rings is 1. The molecule has 11 nitrogen and oxygen atoms in total. The molecule has 1 amide bonds. The smallest absolute Gasteiger partial charge is 0.229 e. The van der Waals surface area contributed by atoms with Crippen LogP contribution in [-0.4, -0.2) is 73.9 Å². The van der Waals surface area contributed by atoms with Crippen LogP contribution in [0.25, 0.3) is 0 Å². The number of aliphatic hydroxyl groups excluding tert-OH is 4. The number of primary amides is 1. The third-order valence-electron chi connectivity index (χ3n) is 6.25. The van der Waals surface area contributed by atoms with Gasteiger partial charge in [-0.3, -0.25) is 4.79 Å². The number of hydrogen-bond acceptors (Lipinski definition) is 10. The number of hydrogen-bond donors (Lipinski definition) is 7. The lowest BCUT2D eigenvalue weighted by atomic mass is 9.87. The molecule has 1 saturated carbocycles. The van der Waals surface area contributed by atoms with Crippen molar-refractivity contribution in [1.29, 1.82) is 0 Å². The lowest BCUT2D eigenvalue weighted by Gasteiger charge is -2.31. The van der Waals surface area contributed by atoms with Gasteiger partial charge in [-0.05, 0) is 18.6 Å². The molecule has 1 aliphatic carbocycles. The molecule has 1 aromatic carbocycles. The second-order valence-electron chi connectivity index (χ2n) is 8.32. The summed E-state index contributed by atoms with van der Waals surface area (Å²) in [6.45, 7) is -0.903. The number of halogens is 1. The van der Waals surface area contributed by atoms with E-state index in [0.717, 1.165) is 6.20 Å². The maximum Gasteiger partial charge on any atom is 0.229 e. The number of aromatic nitrogens is 2. The van der Waals surface area contributed by atoms with Gasteiger partial charge in [0.1, 0.15) is 18.5 Å². The van der Waals surface area contributed by atoms with Crippen molar-refractivity contribution in [3.8, 4) is 5.75 Å². The second kappa shape index (κ2) is 9.43. The summed E-state index contributed by atoms with van der Waals surface area (Å²) >= 11 is 0. The quantitative estimate of drug-likeness (QED) is 0.309. The minimum Gasteiger partial charge on any atom is -0.491 e. The zero-order valence-corrected chi connectivity index (χ0v) is 17.5. The van der Waals surface area contributed by atoms with Crippen LogP contribution >= 0.6 is 0 Å². The van der Waals surface area contributed by atoms with Crippen molar-refractivity contribution in [3.05, 3.63) is 36.3 Å². The summed E-state index contributed by atoms with van der Waals surface area (Å²) in [5.41, 5.74) is 6.15. The fourth-order valence-corrected chi connectivity index (χ4v) is 4.65. The molecule has 0 radical (unpaired) electrons. The number of nitrogens with two attached hydrogens (primary N) is 1. The van der Waals surface area contributed by atoms with Crippen molar-refractivity contribution in [2.45, 2.75) is 30.8 Å². The molecule has 2 aromatic rings. The molecule has 2 unspecified atom stereocenters. The van der Waals surface area contributed by atoms with Crippen LogP contribution in [0.1, 0.15) is 6.42 Å². The van der Waals surface area contributed by atoms with Crippen LogP contribution in [0.4, 0.5) is 21.8 Å². The van der Waals surface area contributed by atoms with E-state index in [1.165, 1.54) is 0 Å². The van der Waals surface area contributed by atoms with E-state index in [9.17, 15) is 29.6 Å². The molecule has 4 bridgehead atoms. The zero-order chi connectivity index (χ0) is 23.7. The number of carbonyl (C=O) groups excluding carboxylic acids is 1. The van der Waals surface area contributed by atoms with Crippen LogP contribution in [0.15, 0.2) is 30.5 Å². The number of nitrogens with zero attached hydrogens (tertiary/aromatic N) is 2. The number of carbonyl (C=O) groups is 1. The average Bonchev–Trinajstić information content (AvgIpc) is 3.17. The number of nitrogens with one attached hydrogen (secondary N) is 2. The van der Waals surface area contributed by atoms with Crippen LogP contribution in [0.5, 0.6) is 5.75 Å². The molecule has 7 atom stereocenters. The standard InChI is InChI=1S/C21H26FN5O6/c22-13-6-24-21-25-9-2-1-3-10(4-9)33-8-15(30)18(31)12-5-11(14(29)7-28)16(19(23)32)17(12)26-20(13)27-21/h1-4,6,11-12,14-18,28-31H,5,7-8H2,(H2,23,32)(H2,24,25,26,27)/t11?,12?,14-,15-,16-,17+,18-/m0/s1. The predicted molar refractivity (Wildman–Crippen MR) is 114 cm³/mol. The lowest BCUT2D eigenvalue weighted by molar-refractivity contribution is -0.125. The van der Waals surface area contributed by atoms with E-state index in [1.807, 2.05) is 0 Å². The summed E-state index contributed by atoms with van der Waals surface area (Å²) < 4.78 is 20.2. The molecule has 178 valence electrons. The first-order valence-electron chi connectivity index (χ1n) is 10.5. The largest absolute Gasteiger partial charge is 0.491 e. The van der Waals surface area contributed by atoms with E-state index in [4.69, 9.17) is 10.5 Å². The molecule has 12 heteroatoms. The molecule has 1 aromatic heterocycles. The van der Waals surface area contributed by atoms with E-state index in [1.54, 1.807) is 24.3 Å². The van der Waals surface area contributed by atoms with E-state index in [2.05, 4.69) is 20.6 Å². The molecular formula is C21H26FN5O6.